The molecule has 0 saturated carbocycles. The molecule has 0 atom stereocenters. The molecule has 0 spiro atoms. The Balaban J connectivity index is 1.38. The third-order valence-electron chi connectivity index (χ3n) is 5.78. The molecule has 4 aromatic rings. The van der Waals surface area contributed by atoms with Gasteiger partial charge in [-0.3, -0.25) is 4.79 Å². The van der Waals surface area contributed by atoms with E-state index in [2.05, 4.69) is 41.9 Å². The van der Waals surface area contributed by atoms with Crippen molar-refractivity contribution in [3.63, 3.8) is 0 Å². The van der Waals surface area contributed by atoms with Crippen molar-refractivity contribution >= 4 is 16.9 Å². The summed E-state index contributed by atoms with van der Waals surface area (Å²) in [5.41, 5.74) is 6.26. The molecule has 1 amide bonds. The van der Waals surface area contributed by atoms with E-state index in [4.69, 9.17) is 9.72 Å². The lowest BCUT2D eigenvalue weighted by molar-refractivity contribution is 0.0953. The number of nitrogens with zero attached hydrogens (tertiary/aromatic N) is 2. The number of aromatic nitrogens is 2. The summed E-state index contributed by atoms with van der Waals surface area (Å²) < 4.78 is 8.32. The molecule has 0 aliphatic rings. The molecule has 5 nitrogen and oxygen atoms in total. The maximum Gasteiger partial charge on any atom is 0.251 e. The Hall–Kier alpha value is -3.60. The number of fused-ring (bicyclic) bond motifs is 1. The van der Waals surface area contributed by atoms with Gasteiger partial charge in [0, 0.05) is 18.5 Å². The van der Waals surface area contributed by atoms with Crippen LogP contribution in [0.3, 0.4) is 0 Å². The van der Waals surface area contributed by atoms with Crippen LogP contribution < -0.4 is 10.1 Å². The molecule has 0 aliphatic carbocycles. The molecule has 4 rings (SSSR count). The van der Waals surface area contributed by atoms with E-state index < -0.39 is 0 Å². The molecular formula is C28H31N3O2. The molecule has 33 heavy (non-hydrogen) atoms. The summed E-state index contributed by atoms with van der Waals surface area (Å²) >= 11 is 0. The van der Waals surface area contributed by atoms with Crippen molar-refractivity contribution in [3.05, 3.63) is 94.8 Å². The number of para-hydroxylation sites is 2. The smallest absolute Gasteiger partial charge is 0.251 e. The van der Waals surface area contributed by atoms with E-state index in [1.807, 2.05) is 55.5 Å². The Bertz CT molecular complexity index is 1260. The largest absolute Gasteiger partial charge is 0.491 e. The van der Waals surface area contributed by atoms with Crippen LogP contribution in [0.1, 0.15) is 39.3 Å². The Morgan fingerprint density at radius 1 is 0.970 bits per heavy atom. The van der Waals surface area contributed by atoms with E-state index in [9.17, 15) is 4.79 Å². The van der Waals surface area contributed by atoms with E-state index in [1.54, 1.807) is 0 Å². The molecule has 170 valence electrons. The van der Waals surface area contributed by atoms with Crippen LogP contribution in [0.2, 0.25) is 0 Å². The number of imidazole rings is 1. The highest BCUT2D eigenvalue weighted by Gasteiger charge is 2.11. The van der Waals surface area contributed by atoms with Gasteiger partial charge in [0.1, 0.15) is 18.2 Å². The van der Waals surface area contributed by atoms with Crippen LogP contribution in [-0.2, 0) is 13.0 Å². The summed E-state index contributed by atoms with van der Waals surface area (Å²) in [6, 6.07) is 22.1. The first-order chi connectivity index (χ1) is 16.0. The van der Waals surface area contributed by atoms with Crippen LogP contribution in [0.4, 0.5) is 0 Å². The predicted molar refractivity (Wildman–Crippen MR) is 133 cm³/mol. The van der Waals surface area contributed by atoms with Crippen LogP contribution in [0.5, 0.6) is 5.75 Å². The molecule has 3 aromatic carbocycles. The first-order valence-electron chi connectivity index (χ1n) is 11.5. The van der Waals surface area contributed by atoms with Gasteiger partial charge in [0.25, 0.3) is 5.91 Å². The fourth-order valence-corrected chi connectivity index (χ4v) is 4.11. The summed E-state index contributed by atoms with van der Waals surface area (Å²) in [5.74, 6) is 1.91. The number of aryl methyl sites for hydroxylation is 4. The van der Waals surface area contributed by atoms with Crippen molar-refractivity contribution in [3.8, 4) is 5.75 Å². The Morgan fingerprint density at radius 2 is 1.79 bits per heavy atom. The van der Waals surface area contributed by atoms with Crippen molar-refractivity contribution < 1.29 is 9.53 Å². The average Bonchev–Trinajstić information content (AvgIpc) is 3.15. The highest BCUT2D eigenvalue weighted by molar-refractivity contribution is 5.94. The SMILES string of the molecule is Cc1cccc(C(=O)NCCCc2nc3ccccc3n2CCOc2ccc(C)cc2C)c1. The molecule has 1 heterocycles. The second-order valence-electron chi connectivity index (χ2n) is 8.51. The first kappa shape index (κ1) is 22.6. The van der Waals surface area contributed by atoms with E-state index in [1.165, 1.54) is 5.56 Å². The second-order valence-corrected chi connectivity index (χ2v) is 8.51. The minimum absolute atomic E-state index is 0.0333. The third-order valence-corrected chi connectivity index (χ3v) is 5.78. The number of carbonyl (C=O) groups is 1. The summed E-state index contributed by atoms with van der Waals surface area (Å²) in [6.07, 6.45) is 1.60. The standard InChI is InChI=1S/C28H31N3O2/c1-20-8-6-9-23(19-20)28(32)29-15-7-12-27-30-24-10-4-5-11-25(24)31(27)16-17-33-26-14-13-21(2)18-22(26)3/h4-6,8-11,13-14,18-19H,7,12,15-17H2,1-3H3,(H,29,32). The Morgan fingerprint density at radius 3 is 2.61 bits per heavy atom. The number of carbonyl (C=O) groups excluding carboxylic acids is 1. The first-order valence-corrected chi connectivity index (χ1v) is 11.5. The van der Waals surface area contributed by atoms with E-state index in [0.717, 1.165) is 53.1 Å². The number of ether oxygens (including phenoxy) is 1. The summed E-state index contributed by atoms with van der Waals surface area (Å²) in [5, 5.41) is 3.02. The Kier molecular flexibility index (Phi) is 7.08. The van der Waals surface area contributed by atoms with Gasteiger partial charge in [0.05, 0.1) is 17.6 Å². The lowest BCUT2D eigenvalue weighted by atomic mass is 10.1. The molecule has 0 aliphatic heterocycles. The van der Waals surface area contributed by atoms with Crippen LogP contribution in [0.25, 0.3) is 11.0 Å². The maximum atomic E-state index is 12.4. The highest BCUT2D eigenvalue weighted by atomic mass is 16.5. The van der Waals surface area contributed by atoms with Gasteiger partial charge in [-0.05, 0) is 63.1 Å². The van der Waals surface area contributed by atoms with Gasteiger partial charge < -0.3 is 14.6 Å². The molecule has 0 fully saturated rings. The number of amides is 1. The van der Waals surface area contributed by atoms with Crippen molar-refractivity contribution in [2.45, 2.75) is 40.2 Å². The molecule has 5 heteroatoms. The minimum atomic E-state index is -0.0333. The molecule has 1 aromatic heterocycles. The van der Waals surface area contributed by atoms with Crippen molar-refractivity contribution in [2.75, 3.05) is 13.2 Å². The predicted octanol–water partition coefficient (Wildman–Crippen LogP) is 5.40. The number of rotatable bonds is 9. The zero-order valence-corrected chi connectivity index (χ0v) is 19.6. The number of hydrogen-bond donors (Lipinski definition) is 1. The zero-order valence-electron chi connectivity index (χ0n) is 19.6. The van der Waals surface area contributed by atoms with E-state index in [0.29, 0.717) is 18.7 Å². The Labute approximate surface area is 195 Å². The van der Waals surface area contributed by atoms with Crippen LogP contribution >= 0.6 is 0 Å². The van der Waals surface area contributed by atoms with Gasteiger partial charge in [0.2, 0.25) is 0 Å². The van der Waals surface area contributed by atoms with Gasteiger partial charge in [-0.15, -0.1) is 0 Å². The van der Waals surface area contributed by atoms with Crippen LogP contribution in [0.15, 0.2) is 66.7 Å². The summed E-state index contributed by atoms with van der Waals surface area (Å²) in [4.78, 5) is 17.2. The lowest BCUT2D eigenvalue weighted by Crippen LogP contribution is -2.25. The van der Waals surface area contributed by atoms with Gasteiger partial charge in [-0.1, -0.05) is 47.5 Å². The molecule has 0 bridgehead atoms. The average molecular weight is 442 g/mol. The second kappa shape index (κ2) is 10.3. The van der Waals surface area contributed by atoms with Crippen molar-refractivity contribution in [2.24, 2.45) is 0 Å². The molecule has 0 unspecified atom stereocenters. The van der Waals surface area contributed by atoms with Crippen LogP contribution in [-0.4, -0.2) is 28.6 Å². The number of benzene rings is 3. The normalized spacial score (nSPS) is 11.0. The summed E-state index contributed by atoms with van der Waals surface area (Å²) in [6.45, 7) is 8.05. The highest BCUT2D eigenvalue weighted by Crippen LogP contribution is 2.20. The molecular weight excluding hydrogens is 410 g/mol. The van der Waals surface area contributed by atoms with Gasteiger partial charge in [0.15, 0.2) is 0 Å². The fourth-order valence-electron chi connectivity index (χ4n) is 4.11. The fraction of sp³-hybridized carbons (Fsp3) is 0.286. The van der Waals surface area contributed by atoms with Gasteiger partial charge in [-0.25, -0.2) is 4.98 Å². The quantitative estimate of drug-likeness (QED) is 0.354. The zero-order chi connectivity index (χ0) is 23.2. The number of hydrogen-bond acceptors (Lipinski definition) is 3. The van der Waals surface area contributed by atoms with Gasteiger partial charge >= 0.3 is 0 Å². The lowest BCUT2D eigenvalue weighted by Gasteiger charge is -2.13. The topological polar surface area (TPSA) is 56.2 Å². The monoisotopic (exact) mass is 441 g/mol. The van der Waals surface area contributed by atoms with E-state index >= 15 is 0 Å². The van der Waals surface area contributed by atoms with E-state index in [-0.39, 0.29) is 5.91 Å². The van der Waals surface area contributed by atoms with Crippen molar-refractivity contribution in [1.82, 2.24) is 14.9 Å². The number of nitrogens with one attached hydrogen (secondary N) is 1. The molecule has 1 N–H and O–H groups in total. The molecule has 0 radical (unpaired) electrons. The minimum Gasteiger partial charge on any atom is -0.491 e. The maximum absolute atomic E-state index is 12.4. The van der Waals surface area contributed by atoms with Crippen molar-refractivity contribution in [1.29, 1.82) is 0 Å². The van der Waals surface area contributed by atoms with Crippen LogP contribution in [0, 0.1) is 20.8 Å². The third kappa shape index (κ3) is 5.61. The van der Waals surface area contributed by atoms with Gasteiger partial charge in [-0.2, -0.15) is 0 Å². The summed E-state index contributed by atoms with van der Waals surface area (Å²) in [7, 11) is 0. The molecule has 0 saturated heterocycles.